The quantitative estimate of drug-likeness (QED) is 0.860. The number of hydrogen-bond acceptors (Lipinski definition) is 4. The van der Waals surface area contributed by atoms with Gasteiger partial charge in [0, 0.05) is 12.7 Å². The Morgan fingerprint density at radius 1 is 1.50 bits per heavy atom. The number of carbonyl (C=O) groups excluding carboxylic acids is 1. The zero-order valence-electron chi connectivity index (χ0n) is 12.1. The average molecular weight is 275 g/mol. The lowest BCUT2D eigenvalue weighted by atomic mass is 9.86. The molecule has 6 nitrogen and oxygen atoms in total. The summed E-state index contributed by atoms with van der Waals surface area (Å²) in [6.45, 7) is 6.05. The number of pyridine rings is 1. The molecule has 6 heteroatoms. The maximum Gasteiger partial charge on any atom is 0.227 e. The minimum absolute atomic E-state index is 0.0531. The summed E-state index contributed by atoms with van der Waals surface area (Å²) in [5, 5.41) is 11.2. The SMILES string of the molecule is CCC(C)(CN)C(=O)NC(C)c1nnc2ccccn12. The lowest BCUT2D eigenvalue weighted by Crippen LogP contribution is -2.44. The second kappa shape index (κ2) is 5.58. The number of hydrogen-bond donors (Lipinski definition) is 2. The fourth-order valence-corrected chi connectivity index (χ4v) is 1.99. The Labute approximate surface area is 118 Å². The Morgan fingerprint density at radius 2 is 2.25 bits per heavy atom. The fourth-order valence-electron chi connectivity index (χ4n) is 1.99. The van der Waals surface area contributed by atoms with Crippen LogP contribution in [-0.4, -0.2) is 27.0 Å². The Bertz CT molecular complexity index is 602. The van der Waals surface area contributed by atoms with Crippen LogP contribution in [0.25, 0.3) is 5.65 Å². The zero-order chi connectivity index (χ0) is 14.8. The van der Waals surface area contributed by atoms with Crippen LogP contribution in [0.1, 0.15) is 39.1 Å². The Hall–Kier alpha value is -1.95. The van der Waals surface area contributed by atoms with E-state index in [4.69, 9.17) is 5.73 Å². The van der Waals surface area contributed by atoms with Crippen molar-refractivity contribution in [3.05, 3.63) is 30.2 Å². The number of nitrogens with one attached hydrogen (secondary N) is 1. The number of aromatic nitrogens is 3. The summed E-state index contributed by atoms with van der Waals surface area (Å²) >= 11 is 0. The molecular weight excluding hydrogens is 254 g/mol. The predicted molar refractivity (Wildman–Crippen MR) is 77.0 cm³/mol. The van der Waals surface area contributed by atoms with Crippen LogP contribution in [0.15, 0.2) is 24.4 Å². The molecule has 0 aromatic carbocycles. The topological polar surface area (TPSA) is 85.3 Å². The van der Waals surface area contributed by atoms with Gasteiger partial charge in [-0.25, -0.2) is 0 Å². The fraction of sp³-hybridized carbons (Fsp3) is 0.500. The van der Waals surface area contributed by atoms with Gasteiger partial charge in [0.05, 0.1) is 11.5 Å². The number of nitrogens with zero attached hydrogens (tertiary/aromatic N) is 3. The molecule has 3 N–H and O–H groups in total. The highest BCUT2D eigenvalue weighted by atomic mass is 16.2. The molecule has 0 radical (unpaired) electrons. The molecule has 2 rings (SSSR count). The highest BCUT2D eigenvalue weighted by molar-refractivity contribution is 5.82. The maximum absolute atomic E-state index is 12.3. The first kappa shape index (κ1) is 14.5. The van der Waals surface area contributed by atoms with Crippen LogP contribution in [0, 0.1) is 5.41 Å². The van der Waals surface area contributed by atoms with E-state index >= 15 is 0 Å². The van der Waals surface area contributed by atoms with E-state index in [1.165, 1.54) is 0 Å². The van der Waals surface area contributed by atoms with Crippen molar-refractivity contribution in [2.75, 3.05) is 6.54 Å². The summed E-state index contributed by atoms with van der Waals surface area (Å²) in [6.07, 6.45) is 2.58. The molecule has 108 valence electrons. The minimum atomic E-state index is -0.547. The Balaban J connectivity index is 2.20. The number of fused-ring (bicyclic) bond motifs is 1. The smallest absolute Gasteiger partial charge is 0.227 e. The van der Waals surface area contributed by atoms with Crippen molar-refractivity contribution in [1.29, 1.82) is 0 Å². The van der Waals surface area contributed by atoms with E-state index in [0.717, 1.165) is 5.65 Å². The van der Waals surface area contributed by atoms with Crippen molar-refractivity contribution >= 4 is 11.6 Å². The van der Waals surface area contributed by atoms with Crippen LogP contribution in [0.3, 0.4) is 0 Å². The molecule has 0 fully saturated rings. The molecule has 0 aliphatic carbocycles. The van der Waals surface area contributed by atoms with Crippen LogP contribution in [0.5, 0.6) is 0 Å². The largest absolute Gasteiger partial charge is 0.346 e. The van der Waals surface area contributed by atoms with Crippen molar-refractivity contribution < 1.29 is 4.79 Å². The molecule has 2 aromatic heterocycles. The molecule has 2 heterocycles. The minimum Gasteiger partial charge on any atom is -0.346 e. The normalized spacial score (nSPS) is 15.8. The van der Waals surface area contributed by atoms with Gasteiger partial charge in [-0.1, -0.05) is 13.0 Å². The molecule has 0 spiro atoms. The van der Waals surface area contributed by atoms with E-state index in [9.17, 15) is 4.79 Å². The highest BCUT2D eigenvalue weighted by Crippen LogP contribution is 2.21. The van der Waals surface area contributed by atoms with Gasteiger partial charge < -0.3 is 11.1 Å². The second-order valence-electron chi connectivity index (χ2n) is 5.30. The number of nitrogens with two attached hydrogens (primary N) is 1. The van der Waals surface area contributed by atoms with Gasteiger partial charge in [0.1, 0.15) is 0 Å². The Morgan fingerprint density at radius 3 is 2.90 bits per heavy atom. The summed E-state index contributed by atoms with van der Waals surface area (Å²) in [5.74, 6) is 0.659. The lowest BCUT2D eigenvalue weighted by molar-refractivity contribution is -0.130. The summed E-state index contributed by atoms with van der Waals surface area (Å²) in [7, 11) is 0. The van der Waals surface area contributed by atoms with E-state index in [1.807, 2.05) is 49.6 Å². The van der Waals surface area contributed by atoms with Gasteiger partial charge in [0.2, 0.25) is 5.91 Å². The summed E-state index contributed by atoms with van der Waals surface area (Å²) in [5.41, 5.74) is 5.93. The van der Waals surface area contributed by atoms with Gasteiger partial charge >= 0.3 is 0 Å². The third kappa shape index (κ3) is 2.51. The Kier molecular flexibility index (Phi) is 4.04. The molecule has 0 aliphatic heterocycles. The van der Waals surface area contributed by atoms with Crippen LogP contribution in [0.4, 0.5) is 0 Å². The van der Waals surface area contributed by atoms with Crippen molar-refractivity contribution in [2.24, 2.45) is 11.1 Å². The van der Waals surface area contributed by atoms with Crippen LogP contribution < -0.4 is 11.1 Å². The molecule has 2 unspecified atom stereocenters. The number of rotatable bonds is 5. The van der Waals surface area contributed by atoms with Crippen molar-refractivity contribution in [3.8, 4) is 0 Å². The average Bonchev–Trinajstić information content (AvgIpc) is 2.90. The van der Waals surface area contributed by atoms with E-state index < -0.39 is 5.41 Å². The van der Waals surface area contributed by atoms with Crippen molar-refractivity contribution in [1.82, 2.24) is 19.9 Å². The van der Waals surface area contributed by atoms with E-state index in [0.29, 0.717) is 18.8 Å². The van der Waals surface area contributed by atoms with Gasteiger partial charge in [-0.05, 0) is 32.4 Å². The molecule has 2 aromatic rings. The van der Waals surface area contributed by atoms with Crippen molar-refractivity contribution in [3.63, 3.8) is 0 Å². The third-order valence-corrected chi connectivity index (χ3v) is 3.85. The third-order valence-electron chi connectivity index (χ3n) is 3.85. The van der Waals surface area contributed by atoms with Gasteiger partial charge in [0.25, 0.3) is 0 Å². The standard InChI is InChI=1S/C14H21N5O/c1-4-14(3,9-15)13(20)16-10(2)12-18-17-11-7-5-6-8-19(11)12/h5-8,10H,4,9,15H2,1-3H3,(H,16,20). The predicted octanol–water partition coefficient (Wildman–Crippen LogP) is 1.28. The van der Waals surface area contributed by atoms with Gasteiger partial charge in [-0.15, -0.1) is 10.2 Å². The molecule has 20 heavy (non-hydrogen) atoms. The molecule has 2 atom stereocenters. The molecule has 0 aliphatic rings. The molecule has 1 amide bonds. The number of carbonyl (C=O) groups is 1. The van der Waals surface area contributed by atoms with Crippen LogP contribution in [0.2, 0.25) is 0 Å². The van der Waals surface area contributed by atoms with Crippen molar-refractivity contribution in [2.45, 2.75) is 33.2 Å². The number of amides is 1. The van der Waals surface area contributed by atoms with E-state index in [1.54, 1.807) is 0 Å². The molecule has 0 saturated carbocycles. The van der Waals surface area contributed by atoms with Crippen LogP contribution >= 0.6 is 0 Å². The van der Waals surface area contributed by atoms with Gasteiger partial charge in [-0.2, -0.15) is 0 Å². The summed E-state index contributed by atoms with van der Waals surface area (Å²) in [4.78, 5) is 12.3. The monoisotopic (exact) mass is 275 g/mol. The molecular formula is C14H21N5O. The van der Waals surface area contributed by atoms with Gasteiger partial charge in [-0.3, -0.25) is 9.20 Å². The highest BCUT2D eigenvalue weighted by Gasteiger charge is 2.31. The molecule has 0 bridgehead atoms. The first-order valence-electron chi connectivity index (χ1n) is 6.82. The van der Waals surface area contributed by atoms with Crippen LogP contribution in [-0.2, 0) is 4.79 Å². The summed E-state index contributed by atoms with van der Waals surface area (Å²) < 4.78 is 1.87. The maximum atomic E-state index is 12.3. The van der Waals surface area contributed by atoms with Gasteiger partial charge in [0.15, 0.2) is 11.5 Å². The summed E-state index contributed by atoms with van der Waals surface area (Å²) in [6, 6.07) is 5.46. The first-order chi connectivity index (χ1) is 9.51. The first-order valence-corrected chi connectivity index (χ1v) is 6.82. The van der Waals surface area contributed by atoms with E-state index in [2.05, 4.69) is 15.5 Å². The van der Waals surface area contributed by atoms with E-state index in [-0.39, 0.29) is 11.9 Å². The zero-order valence-corrected chi connectivity index (χ0v) is 12.1. The second-order valence-corrected chi connectivity index (χ2v) is 5.30. The lowest BCUT2D eigenvalue weighted by Gasteiger charge is -2.26. The molecule has 0 saturated heterocycles.